The number of amides is 3. The van der Waals surface area contributed by atoms with Gasteiger partial charge in [0.2, 0.25) is 5.91 Å². The summed E-state index contributed by atoms with van der Waals surface area (Å²) >= 11 is 0. The van der Waals surface area contributed by atoms with Gasteiger partial charge in [0, 0.05) is 12.2 Å². The fourth-order valence-corrected chi connectivity index (χ4v) is 1.92. The van der Waals surface area contributed by atoms with Gasteiger partial charge in [-0.05, 0) is 45.4 Å². The number of carbonyl (C=O) groups is 4. The number of ether oxygens (including phenoxy) is 2. The number of esters is 1. The molecule has 9 nitrogen and oxygen atoms in total. The van der Waals surface area contributed by atoms with Crippen LogP contribution in [0.3, 0.4) is 0 Å². The molecule has 0 aliphatic carbocycles. The second-order valence-electron chi connectivity index (χ2n) is 6.91. The van der Waals surface area contributed by atoms with E-state index < -0.39 is 30.2 Å². The zero-order valence-electron chi connectivity index (χ0n) is 16.6. The third kappa shape index (κ3) is 9.56. The van der Waals surface area contributed by atoms with E-state index in [2.05, 4.69) is 16.0 Å². The van der Waals surface area contributed by atoms with E-state index in [-0.39, 0.29) is 18.0 Å². The molecule has 28 heavy (non-hydrogen) atoms. The number of carbonyl (C=O) groups excluding carboxylic acids is 4. The fraction of sp³-hybridized carbons (Fsp3) is 0.474. The van der Waals surface area contributed by atoms with Crippen LogP contribution >= 0.6 is 0 Å². The first-order valence-electron chi connectivity index (χ1n) is 8.91. The summed E-state index contributed by atoms with van der Waals surface area (Å²) in [4.78, 5) is 46.9. The van der Waals surface area contributed by atoms with Crippen LogP contribution in [0.25, 0.3) is 0 Å². The van der Waals surface area contributed by atoms with E-state index in [4.69, 9.17) is 9.47 Å². The molecule has 1 aromatic rings. The molecule has 0 aromatic heterocycles. The highest BCUT2D eigenvalue weighted by Gasteiger charge is 2.17. The van der Waals surface area contributed by atoms with Crippen molar-refractivity contribution in [1.82, 2.24) is 10.6 Å². The number of rotatable bonds is 8. The van der Waals surface area contributed by atoms with Crippen molar-refractivity contribution < 1.29 is 28.7 Å². The van der Waals surface area contributed by atoms with Gasteiger partial charge >= 0.3 is 12.1 Å². The van der Waals surface area contributed by atoms with Gasteiger partial charge < -0.3 is 20.1 Å². The Bertz CT molecular complexity index is 712. The van der Waals surface area contributed by atoms with Crippen molar-refractivity contribution in [2.24, 2.45) is 0 Å². The second-order valence-corrected chi connectivity index (χ2v) is 6.91. The summed E-state index contributed by atoms with van der Waals surface area (Å²) in [6.07, 6.45) is 0.137. The van der Waals surface area contributed by atoms with Gasteiger partial charge in [0.15, 0.2) is 6.61 Å². The zero-order valence-corrected chi connectivity index (χ0v) is 16.6. The van der Waals surface area contributed by atoms with Gasteiger partial charge in [-0.25, -0.2) is 9.59 Å². The van der Waals surface area contributed by atoms with Crippen LogP contribution in [-0.2, 0) is 19.1 Å². The van der Waals surface area contributed by atoms with Crippen LogP contribution in [0, 0.1) is 0 Å². The first kappa shape index (κ1) is 22.9. The van der Waals surface area contributed by atoms with Crippen molar-refractivity contribution in [1.29, 1.82) is 0 Å². The van der Waals surface area contributed by atoms with Gasteiger partial charge in [0.25, 0.3) is 5.91 Å². The summed E-state index contributed by atoms with van der Waals surface area (Å²) in [6, 6.07) is 6.03. The highest BCUT2D eigenvalue weighted by molar-refractivity contribution is 5.94. The molecule has 0 saturated heterocycles. The highest BCUT2D eigenvalue weighted by Crippen LogP contribution is 2.14. The van der Waals surface area contributed by atoms with Crippen molar-refractivity contribution in [3.8, 4) is 0 Å². The molecule has 3 amide bonds. The van der Waals surface area contributed by atoms with Crippen molar-refractivity contribution in [3.05, 3.63) is 29.8 Å². The molecule has 154 valence electrons. The maximum atomic E-state index is 12.1. The van der Waals surface area contributed by atoms with Crippen molar-refractivity contribution >= 4 is 29.6 Å². The predicted molar refractivity (Wildman–Crippen MR) is 103 cm³/mol. The van der Waals surface area contributed by atoms with Crippen molar-refractivity contribution in [3.63, 3.8) is 0 Å². The van der Waals surface area contributed by atoms with E-state index in [0.717, 1.165) is 6.42 Å². The topological polar surface area (TPSA) is 123 Å². The normalized spacial score (nSPS) is 10.6. The van der Waals surface area contributed by atoms with E-state index in [9.17, 15) is 19.2 Å². The van der Waals surface area contributed by atoms with Crippen LogP contribution in [0.4, 0.5) is 10.5 Å². The number of nitrogens with one attached hydrogen (secondary N) is 3. The SMILES string of the molecule is CCCNC(=O)CNC(=O)COC(=O)c1cccc(NC(=O)OC(C)(C)C)c1. The fourth-order valence-electron chi connectivity index (χ4n) is 1.92. The van der Waals surface area contributed by atoms with Gasteiger partial charge in [0.1, 0.15) is 5.60 Å². The third-order valence-electron chi connectivity index (χ3n) is 3.10. The summed E-state index contributed by atoms with van der Waals surface area (Å²) in [5, 5.41) is 7.48. The first-order chi connectivity index (χ1) is 13.1. The molecule has 0 fully saturated rings. The maximum absolute atomic E-state index is 12.1. The van der Waals surface area contributed by atoms with Gasteiger partial charge in [-0.15, -0.1) is 0 Å². The second kappa shape index (κ2) is 10.9. The van der Waals surface area contributed by atoms with Crippen LogP contribution in [0.1, 0.15) is 44.5 Å². The molecule has 0 heterocycles. The summed E-state index contributed by atoms with van der Waals surface area (Å²) in [7, 11) is 0. The largest absolute Gasteiger partial charge is 0.452 e. The highest BCUT2D eigenvalue weighted by atomic mass is 16.6. The van der Waals surface area contributed by atoms with Crippen LogP contribution in [-0.4, -0.2) is 49.2 Å². The van der Waals surface area contributed by atoms with Crippen LogP contribution < -0.4 is 16.0 Å². The summed E-state index contributed by atoms with van der Waals surface area (Å²) in [5.41, 5.74) is -0.149. The van der Waals surface area contributed by atoms with Gasteiger partial charge in [-0.2, -0.15) is 0 Å². The Morgan fingerprint density at radius 1 is 1.04 bits per heavy atom. The number of hydrogen-bond acceptors (Lipinski definition) is 6. The molecule has 0 aliphatic heterocycles. The predicted octanol–water partition coefficient (Wildman–Crippen LogP) is 1.83. The molecule has 0 bridgehead atoms. The Hall–Kier alpha value is -3.10. The van der Waals surface area contributed by atoms with Crippen molar-refractivity contribution in [2.45, 2.75) is 39.7 Å². The Labute approximate surface area is 164 Å². The lowest BCUT2D eigenvalue weighted by molar-refractivity contribution is -0.127. The standard InChI is InChI=1S/C19H27N3O6/c1-5-9-20-15(23)11-21-16(24)12-27-17(25)13-7-6-8-14(10-13)22-18(26)28-19(2,3)4/h6-8,10H,5,9,11-12H2,1-4H3,(H,20,23)(H,21,24)(H,22,26). The Morgan fingerprint density at radius 3 is 2.39 bits per heavy atom. The minimum absolute atomic E-state index is 0.155. The summed E-state index contributed by atoms with van der Waals surface area (Å²) in [6.45, 7) is 6.93. The molecular weight excluding hydrogens is 366 g/mol. The maximum Gasteiger partial charge on any atom is 0.412 e. The van der Waals surface area contributed by atoms with Gasteiger partial charge in [0.05, 0.1) is 12.1 Å². The lowest BCUT2D eigenvalue weighted by Crippen LogP contribution is -2.38. The summed E-state index contributed by atoms with van der Waals surface area (Å²) in [5.74, 6) is -1.65. The quantitative estimate of drug-likeness (QED) is 0.579. The average Bonchev–Trinajstić information content (AvgIpc) is 2.61. The molecule has 1 rings (SSSR count). The smallest absolute Gasteiger partial charge is 0.412 e. The zero-order chi connectivity index (χ0) is 21.2. The van der Waals surface area contributed by atoms with E-state index in [1.54, 1.807) is 32.9 Å². The van der Waals surface area contributed by atoms with Gasteiger partial charge in [-0.3, -0.25) is 14.9 Å². The number of anilines is 1. The molecule has 9 heteroatoms. The minimum atomic E-state index is -0.738. The van der Waals surface area contributed by atoms with E-state index in [1.807, 2.05) is 6.92 Å². The lowest BCUT2D eigenvalue weighted by atomic mass is 10.2. The Balaban J connectivity index is 2.49. The molecular formula is C19H27N3O6. The van der Waals surface area contributed by atoms with E-state index in [1.165, 1.54) is 12.1 Å². The molecule has 0 saturated carbocycles. The number of benzene rings is 1. The van der Waals surface area contributed by atoms with Crippen LogP contribution in [0.5, 0.6) is 0 Å². The molecule has 0 radical (unpaired) electrons. The average molecular weight is 393 g/mol. The Morgan fingerprint density at radius 2 is 1.75 bits per heavy atom. The van der Waals surface area contributed by atoms with Crippen LogP contribution in [0.2, 0.25) is 0 Å². The molecule has 0 unspecified atom stereocenters. The minimum Gasteiger partial charge on any atom is -0.452 e. The van der Waals surface area contributed by atoms with Crippen molar-refractivity contribution in [2.75, 3.05) is 25.0 Å². The van der Waals surface area contributed by atoms with E-state index in [0.29, 0.717) is 12.2 Å². The lowest BCUT2D eigenvalue weighted by Gasteiger charge is -2.19. The monoisotopic (exact) mass is 393 g/mol. The molecule has 0 atom stereocenters. The molecule has 0 spiro atoms. The Kier molecular flexibility index (Phi) is 8.94. The van der Waals surface area contributed by atoms with Gasteiger partial charge in [-0.1, -0.05) is 13.0 Å². The third-order valence-corrected chi connectivity index (χ3v) is 3.10. The van der Waals surface area contributed by atoms with Crippen LogP contribution in [0.15, 0.2) is 24.3 Å². The number of hydrogen-bond donors (Lipinski definition) is 3. The molecule has 1 aromatic carbocycles. The molecule has 0 aliphatic rings. The van der Waals surface area contributed by atoms with E-state index >= 15 is 0 Å². The first-order valence-corrected chi connectivity index (χ1v) is 8.91. The molecule has 3 N–H and O–H groups in total. The summed E-state index contributed by atoms with van der Waals surface area (Å²) < 4.78 is 10.1.